The number of rotatable bonds is 5. The van der Waals surface area contributed by atoms with E-state index in [1.807, 2.05) is 24.3 Å². The lowest BCUT2D eigenvalue weighted by molar-refractivity contribution is 0.170. The fraction of sp³-hybridized carbons (Fsp3) is 0.217. The molecule has 0 saturated heterocycles. The normalized spacial score (nSPS) is 12.2. The molecule has 0 atom stereocenters. The van der Waals surface area contributed by atoms with E-state index in [-0.39, 0.29) is 6.79 Å². The lowest BCUT2D eigenvalue weighted by Gasteiger charge is -2.21. The molecule has 0 N–H and O–H groups in total. The number of ether oxygens (including phenoxy) is 3. The molecular formula is C23H22O3. The fourth-order valence-electron chi connectivity index (χ4n) is 3.65. The van der Waals surface area contributed by atoms with Crippen LogP contribution < -0.4 is 14.2 Å². The van der Waals surface area contributed by atoms with Crippen LogP contribution in [0.2, 0.25) is 0 Å². The molecule has 26 heavy (non-hydrogen) atoms. The van der Waals surface area contributed by atoms with Crippen molar-refractivity contribution in [2.45, 2.75) is 19.8 Å². The van der Waals surface area contributed by atoms with Crippen LogP contribution >= 0.6 is 0 Å². The standard InChI is InChI=1S/C23H22O3/c1-3-10-18-19(16-11-6-4-7-12-16)20(17-13-8-5-9-14-17)22(24-2)23-21(18)25-15-26-23/h4-9,11-14H,3,10,15H2,1-2H3. The largest absolute Gasteiger partial charge is 0.492 e. The van der Waals surface area contributed by atoms with E-state index in [0.717, 1.165) is 46.8 Å². The monoisotopic (exact) mass is 346 g/mol. The molecule has 1 heterocycles. The van der Waals surface area contributed by atoms with Gasteiger partial charge in [-0.3, -0.25) is 0 Å². The van der Waals surface area contributed by atoms with Crippen LogP contribution in [-0.2, 0) is 6.42 Å². The Balaban J connectivity index is 2.12. The average molecular weight is 346 g/mol. The number of fused-ring (bicyclic) bond motifs is 1. The SMILES string of the molecule is CCCc1c2c(c(OC)c(-c3ccccc3)c1-c1ccccc1)OCO2. The van der Waals surface area contributed by atoms with Gasteiger partial charge in [-0.1, -0.05) is 74.0 Å². The van der Waals surface area contributed by atoms with Crippen molar-refractivity contribution in [3.8, 4) is 39.5 Å². The molecule has 1 aliphatic heterocycles. The van der Waals surface area contributed by atoms with Crippen molar-refractivity contribution in [1.82, 2.24) is 0 Å². The molecule has 0 bridgehead atoms. The second-order valence-corrected chi connectivity index (χ2v) is 6.31. The quantitative estimate of drug-likeness (QED) is 0.592. The Kier molecular flexibility index (Phi) is 4.53. The first-order chi connectivity index (χ1) is 12.8. The van der Waals surface area contributed by atoms with Crippen LogP contribution in [0.25, 0.3) is 22.3 Å². The third kappa shape index (κ3) is 2.70. The lowest BCUT2D eigenvalue weighted by Crippen LogP contribution is -2.00. The average Bonchev–Trinajstić information content (AvgIpc) is 3.19. The summed E-state index contributed by atoms with van der Waals surface area (Å²) in [4.78, 5) is 0. The number of hydrogen-bond donors (Lipinski definition) is 0. The summed E-state index contributed by atoms with van der Waals surface area (Å²) in [5.41, 5.74) is 5.68. The molecule has 3 heteroatoms. The lowest BCUT2D eigenvalue weighted by atomic mass is 9.87. The minimum atomic E-state index is 0.231. The van der Waals surface area contributed by atoms with Crippen molar-refractivity contribution in [2.75, 3.05) is 13.9 Å². The van der Waals surface area contributed by atoms with Crippen LogP contribution in [0.5, 0.6) is 17.2 Å². The predicted molar refractivity (Wildman–Crippen MR) is 104 cm³/mol. The van der Waals surface area contributed by atoms with Gasteiger partial charge < -0.3 is 14.2 Å². The van der Waals surface area contributed by atoms with Crippen LogP contribution in [0.15, 0.2) is 60.7 Å². The van der Waals surface area contributed by atoms with Gasteiger partial charge in [0.25, 0.3) is 0 Å². The van der Waals surface area contributed by atoms with Gasteiger partial charge in [-0.2, -0.15) is 0 Å². The van der Waals surface area contributed by atoms with Gasteiger partial charge in [-0.15, -0.1) is 0 Å². The third-order valence-corrected chi connectivity index (χ3v) is 4.70. The molecule has 132 valence electrons. The topological polar surface area (TPSA) is 27.7 Å². The Hall–Kier alpha value is -2.94. The molecule has 0 unspecified atom stereocenters. The van der Waals surface area contributed by atoms with Gasteiger partial charge >= 0.3 is 0 Å². The molecule has 0 saturated carbocycles. The summed E-state index contributed by atoms with van der Waals surface area (Å²) in [6.45, 7) is 2.41. The van der Waals surface area contributed by atoms with E-state index in [0.29, 0.717) is 0 Å². The molecule has 0 aliphatic carbocycles. The van der Waals surface area contributed by atoms with Crippen molar-refractivity contribution in [3.63, 3.8) is 0 Å². The number of methoxy groups -OCH3 is 1. The van der Waals surface area contributed by atoms with Crippen LogP contribution in [-0.4, -0.2) is 13.9 Å². The summed E-state index contributed by atoms with van der Waals surface area (Å²) in [5, 5.41) is 0. The fourth-order valence-corrected chi connectivity index (χ4v) is 3.65. The molecule has 0 aromatic heterocycles. The Labute approximate surface area is 154 Å². The van der Waals surface area contributed by atoms with Crippen molar-refractivity contribution in [3.05, 3.63) is 66.2 Å². The summed E-state index contributed by atoms with van der Waals surface area (Å²) in [5.74, 6) is 2.28. The maximum atomic E-state index is 5.88. The highest BCUT2D eigenvalue weighted by Crippen LogP contribution is 2.54. The Morgan fingerprint density at radius 3 is 1.96 bits per heavy atom. The molecule has 1 aliphatic rings. The number of hydrogen-bond acceptors (Lipinski definition) is 3. The maximum Gasteiger partial charge on any atom is 0.231 e. The highest BCUT2D eigenvalue weighted by molar-refractivity contribution is 5.94. The van der Waals surface area contributed by atoms with Crippen LogP contribution in [0.4, 0.5) is 0 Å². The molecule has 4 rings (SSSR count). The minimum absolute atomic E-state index is 0.231. The van der Waals surface area contributed by atoms with E-state index in [9.17, 15) is 0 Å². The zero-order valence-corrected chi connectivity index (χ0v) is 15.1. The first kappa shape index (κ1) is 16.5. The van der Waals surface area contributed by atoms with Gasteiger partial charge in [0.15, 0.2) is 11.5 Å². The first-order valence-electron chi connectivity index (χ1n) is 8.98. The summed E-state index contributed by atoms with van der Waals surface area (Å²) in [6.07, 6.45) is 1.94. The van der Waals surface area contributed by atoms with Gasteiger partial charge in [0.2, 0.25) is 12.5 Å². The van der Waals surface area contributed by atoms with E-state index in [1.165, 1.54) is 11.1 Å². The maximum absolute atomic E-state index is 5.88. The summed E-state index contributed by atoms with van der Waals surface area (Å²) in [6, 6.07) is 20.8. The van der Waals surface area contributed by atoms with E-state index in [2.05, 4.69) is 43.3 Å². The minimum Gasteiger partial charge on any atom is -0.492 e. The van der Waals surface area contributed by atoms with Crippen molar-refractivity contribution in [1.29, 1.82) is 0 Å². The highest BCUT2D eigenvalue weighted by atomic mass is 16.7. The van der Waals surface area contributed by atoms with E-state index < -0.39 is 0 Å². The number of benzene rings is 3. The zero-order valence-electron chi connectivity index (χ0n) is 15.1. The van der Waals surface area contributed by atoms with E-state index >= 15 is 0 Å². The predicted octanol–water partition coefficient (Wildman–Crippen LogP) is 5.71. The molecule has 3 aromatic rings. The molecule has 3 aromatic carbocycles. The van der Waals surface area contributed by atoms with Crippen molar-refractivity contribution < 1.29 is 14.2 Å². The van der Waals surface area contributed by atoms with Gasteiger partial charge in [0.1, 0.15) is 0 Å². The van der Waals surface area contributed by atoms with Gasteiger partial charge in [0.05, 0.1) is 7.11 Å². The van der Waals surface area contributed by atoms with Crippen LogP contribution in [0.3, 0.4) is 0 Å². The zero-order chi connectivity index (χ0) is 17.9. The first-order valence-corrected chi connectivity index (χ1v) is 8.98. The Morgan fingerprint density at radius 2 is 1.38 bits per heavy atom. The molecule has 0 spiro atoms. The summed E-state index contributed by atoms with van der Waals surface area (Å²) >= 11 is 0. The Bertz CT molecular complexity index is 902. The summed E-state index contributed by atoms with van der Waals surface area (Å²) < 4.78 is 17.5. The molecule has 3 nitrogen and oxygen atoms in total. The molecule has 0 radical (unpaired) electrons. The molecular weight excluding hydrogens is 324 g/mol. The second-order valence-electron chi connectivity index (χ2n) is 6.31. The third-order valence-electron chi connectivity index (χ3n) is 4.70. The smallest absolute Gasteiger partial charge is 0.231 e. The highest BCUT2D eigenvalue weighted by Gasteiger charge is 2.31. The van der Waals surface area contributed by atoms with Crippen LogP contribution in [0, 0.1) is 0 Å². The van der Waals surface area contributed by atoms with E-state index in [1.54, 1.807) is 7.11 Å². The van der Waals surface area contributed by atoms with E-state index in [4.69, 9.17) is 14.2 Å². The van der Waals surface area contributed by atoms with Crippen molar-refractivity contribution >= 4 is 0 Å². The summed E-state index contributed by atoms with van der Waals surface area (Å²) in [7, 11) is 1.69. The van der Waals surface area contributed by atoms with Crippen LogP contribution in [0.1, 0.15) is 18.9 Å². The Morgan fingerprint density at radius 1 is 0.808 bits per heavy atom. The molecule has 0 fully saturated rings. The van der Waals surface area contributed by atoms with Gasteiger partial charge in [-0.25, -0.2) is 0 Å². The van der Waals surface area contributed by atoms with Crippen molar-refractivity contribution in [2.24, 2.45) is 0 Å². The van der Waals surface area contributed by atoms with Gasteiger partial charge in [0, 0.05) is 16.7 Å². The van der Waals surface area contributed by atoms with Gasteiger partial charge in [-0.05, 0) is 17.5 Å². The molecule has 0 amide bonds. The second kappa shape index (κ2) is 7.12.